The molecule has 1 N–H and O–H groups in total. The van der Waals surface area contributed by atoms with Gasteiger partial charge in [-0.3, -0.25) is 4.79 Å². The Bertz CT molecular complexity index is 474. The van der Waals surface area contributed by atoms with Gasteiger partial charge < -0.3 is 9.84 Å². The van der Waals surface area contributed by atoms with Crippen molar-refractivity contribution in [2.75, 3.05) is 6.61 Å². The Hall–Kier alpha value is -1.49. The summed E-state index contributed by atoms with van der Waals surface area (Å²) in [4.78, 5) is 11.6. The van der Waals surface area contributed by atoms with Crippen LogP contribution < -0.4 is 0 Å². The molecule has 20 heavy (non-hydrogen) atoms. The predicted octanol–water partition coefficient (Wildman–Crippen LogP) is 2.91. The Labute approximate surface area is 116 Å². The van der Waals surface area contributed by atoms with Crippen molar-refractivity contribution in [1.82, 2.24) is 0 Å². The van der Waals surface area contributed by atoms with Crippen LogP contribution in [0.5, 0.6) is 0 Å². The van der Waals surface area contributed by atoms with E-state index < -0.39 is 17.2 Å². The minimum atomic E-state index is -1.27. The molecule has 0 atom stereocenters. The summed E-state index contributed by atoms with van der Waals surface area (Å²) in [6, 6.07) is 3.07. The van der Waals surface area contributed by atoms with Crippen LogP contribution in [0.2, 0.25) is 0 Å². The zero-order valence-electron chi connectivity index (χ0n) is 11.4. The van der Waals surface area contributed by atoms with Crippen LogP contribution >= 0.6 is 0 Å². The molecule has 1 aliphatic carbocycles. The van der Waals surface area contributed by atoms with Gasteiger partial charge in [0.1, 0.15) is 11.6 Å². The first-order valence-corrected chi connectivity index (χ1v) is 6.80. The van der Waals surface area contributed by atoms with Gasteiger partial charge in [0.15, 0.2) is 0 Å². The quantitative estimate of drug-likeness (QED) is 0.868. The molecule has 1 aromatic carbocycles. The minimum absolute atomic E-state index is 0.234. The fourth-order valence-corrected chi connectivity index (χ4v) is 2.70. The second kappa shape index (κ2) is 5.87. The first kappa shape index (κ1) is 14.9. The third-order valence-corrected chi connectivity index (χ3v) is 3.83. The van der Waals surface area contributed by atoms with Crippen molar-refractivity contribution < 1.29 is 23.4 Å². The van der Waals surface area contributed by atoms with Crippen molar-refractivity contribution in [3.8, 4) is 0 Å². The maximum absolute atomic E-state index is 13.2. The number of rotatable bonds is 3. The molecule has 0 heterocycles. The second-order valence-electron chi connectivity index (χ2n) is 5.22. The molecule has 3 nitrogen and oxygen atoms in total. The summed E-state index contributed by atoms with van der Waals surface area (Å²) < 4.78 is 31.4. The molecule has 0 radical (unpaired) electrons. The van der Waals surface area contributed by atoms with Crippen LogP contribution in [0.4, 0.5) is 8.78 Å². The van der Waals surface area contributed by atoms with Crippen LogP contribution in [-0.2, 0) is 15.1 Å². The number of halogens is 2. The zero-order chi connectivity index (χ0) is 14.8. The van der Waals surface area contributed by atoms with Gasteiger partial charge in [0.25, 0.3) is 0 Å². The number of esters is 1. The van der Waals surface area contributed by atoms with Crippen LogP contribution in [0.1, 0.15) is 38.2 Å². The van der Waals surface area contributed by atoms with Gasteiger partial charge in [-0.2, -0.15) is 0 Å². The summed E-state index contributed by atoms with van der Waals surface area (Å²) in [5.74, 6) is -1.92. The maximum Gasteiger partial charge on any atom is 0.308 e. The van der Waals surface area contributed by atoms with Gasteiger partial charge in [0, 0.05) is 6.07 Å². The summed E-state index contributed by atoms with van der Waals surface area (Å²) in [6.07, 6.45) is 1.49. The lowest BCUT2D eigenvalue weighted by Crippen LogP contribution is -2.34. The summed E-state index contributed by atoms with van der Waals surface area (Å²) in [5, 5.41) is 10.5. The van der Waals surface area contributed by atoms with Gasteiger partial charge in [0.05, 0.1) is 18.1 Å². The van der Waals surface area contributed by atoms with E-state index >= 15 is 0 Å². The Kier molecular flexibility index (Phi) is 4.38. The lowest BCUT2D eigenvalue weighted by molar-refractivity contribution is -0.151. The molecule has 2 rings (SSSR count). The van der Waals surface area contributed by atoms with Crippen LogP contribution in [0.3, 0.4) is 0 Å². The van der Waals surface area contributed by atoms with E-state index in [1.807, 2.05) is 0 Å². The van der Waals surface area contributed by atoms with Crippen molar-refractivity contribution in [3.05, 3.63) is 35.4 Å². The summed E-state index contributed by atoms with van der Waals surface area (Å²) in [6.45, 7) is 2.07. The van der Waals surface area contributed by atoms with Crippen molar-refractivity contribution in [3.63, 3.8) is 0 Å². The largest absolute Gasteiger partial charge is 0.466 e. The fourth-order valence-electron chi connectivity index (χ4n) is 2.70. The van der Waals surface area contributed by atoms with E-state index in [-0.39, 0.29) is 17.5 Å². The van der Waals surface area contributed by atoms with Gasteiger partial charge in [0.2, 0.25) is 0 Å². The third-order valence-electron chi connectivity index (χ3n) is 3.83. The van der Waals surface area contributed by atoms with Crippen molar-refractivity contribution in [1.29, 1.82) is 0 Å². The first-order chi connectivity index (χ1) is 9.44. The van der Waals surface area contributed by atoms with E-state index in [0.717, 1.165) is 18.2 Å². The van der Waals surface area contributed by atoms with Crippen molar-refractivity contribution in [2.45, 2.75) is 38.2 Å². The molecule has 0 spiro atoms. The molecule has 0 saturated heterocycles. The monoisotopic (exact) mass is 284 g/mol. The Balaban J connectivity index is 2.09. The van der Waals surface area contributed by atoms with Gasteiger partial charge >= 0.3 is 5.97 Å². The molecular weight excluding hydrogens is 266 g/mol. The number of carbonyl (C=O) groups is 1. The zero-order valence-corrected chi connectivity index (χ0v) is 11.4. The van der Waals surface area contributed by atoms with E-state index in [9.17, 15) is 18.7 Å². The topological polar surface area (TPSA) is 46.5 Å². The summed E-state index contributed by atoms with van der Waals surface area (Å²) in [7, 11) is 0. The molecule has 0 bridgehead atoms. The number of hydrogen-bond acceptors (Lipinski definition) is 3. The van der Waals surface area contributed by atoms with Gasteiger partial charge in [-0.05, 0) is 50.3 Å². The molecule has 5 heteroatoms. The molecular formula is C15H18F2O3. The lowest BCUT2D eigenvalue weighted by Gasteiger charge is -2.35. The van der Waals surface area contributed by atoms with E-state index in [2.05, 4.69) is 0 Å². The van der Waals surface area contributed by atoms with E-state index in [1.54, 1.807) is 6.92 Å². The first-order valence-electron chi connectivity index (χ1n) is 6.80. The number of aliphatic hydroxyl groups is 1. The van der Waals surface area contributed by atoms with Crippen molar-refractivity contribution in [2.24, 2.45) is 5.92 Å². The smallest absolute Gasteiger partial charge is 0.308 e. The third kappa shape index (κ3) is 3.15. The maximum atomic E-state index is 13.2. The average molecular weight is 284 g/mol. The SMILES string of the molecule is CCOC(=O)C1CCC(O)(c2cc(F)cc(F)c2)CC1. The average Bonchev–Trinajstić information content (AvgIpc) is 2.38. The normalized spacial score (nSPS) is 26.3. The minimum Gasteiger partial charge on any atom is -0.466 e. The Morgan fingerprint density at radius 1 is 1.30 bits per heavy atom. The van der Waals surface area contributed by atoms with Gasteiger partial charge in [-0.25, -0.2) is 8.78 Å². The number of ether oxygens (including phenoxy) is 1. The van der Waals surface area contributed by atoms with E-state index in [1.165, 1.54) is 0 Å². The highest BCUT2D eigenvalue weighted by atomic mass is 19.1. The fraction of sp³-hybridized carbons (Fsp3) is 0.533. The van der Waals surface area contributed by atoms with Gasteiger partial charge in [-0.1, -0.05) is 0 Å². The number of hydrogen-bond donors (Lipinski definition) is 1. The number of benzene rings is 1. The molecule has 0 aliphatic heterocycles. The molecule has 1 saturated carbocycles. The lowest BCUT2D eigenvalue weighted by atomic mass is 9.75. The van der Waals surface area contributed by atoms with Crippen LogP contribution in [0.15, 0.2) is 18.2 Å². The highest BCUT2D eigenvalue weighted by Gasteiger charge is 2.38. The molecule has 0 unspecified atom stereocenters. The molecule has 110 valence electrons. The molecule has 1 aromatic rings. The van der Waals surface area contributed by atoms with E-state index in [4.69, 9.17) is 4.74 Å². The second-order valence-corrected chi connectivity index (χ2v) is 5.22. The van der Waals surface area contributed by atoms with Crippen LogP contribution in [0, 0.1) is 17.6 Å². The summed E-state index contributed by atoms with van der Waals surface area (Å²) in [5.41, 5.74) is -1.04. The number of carbonyl (C=O) groups excluding carboxylic acids is 1. The molecule has 1 aliphatic rings. The van der Waals surface area contributed by atoms with Crippen molar-refractivity contribution >= 4 is 5.97 Å². The molecule has 0 amide bonds. The van der Waals surface area contributed by atoms with Gasteiger partial charge in [-0.15, -0.1) is 0 Å². The standard InChI is InChI=1S/C15H18F2O3/c1-2-20-14(18)10-3-5-15(19,6-4-10)11-7-12(16)9-13(17)8-11/h7-10,19H,2-6H2,1H3. The Morgan fingerprint density at radius 3 is 2.35 bits per heavy atom. The highest BCUT2D eigenvalue weighted by molar-refractivity contribution is 5.72. The Morgan fingerprint density at radius 2 is 1.85 bits per heavy atom. The van der Waals surface area contributed by atoms with Crippen LogP contribution in [-0.4, -0.2) is 17.7 Å². The van der Waals surface area contributed by atoms with E-state index in [0.29, 0.717) is 32.3 Å². The van der Waals surface area contributed by atoms with Crippen LogP contribution in [0.25, 0.3) is 0 Å². The molecule has 1 fully saturated rings. The predicted molar refractivity (Wildman–Crippen MR) is 68.8 cm³/mol. The summed E-state index contributed by atoms with van der Waals surface area (Å²) >= 11 is 0. The highest BCUT2D eigenvalue weighted by Crippen LogP contribution is 2.40. The molecule has 0 aromatic heterocycles.